The molecule has 92 valence electrons. The van der Waals surface area contributed by atoms with E-state index in [0.717, 1.165) is 25.0 Å². The van der Waals surface area contributed by atoms with Crippen LogP contribution in [0.5, 0.6) is 0 Å². The van der Waals surface area contributed by atoms with Crippen molar-refractivity contribution in [1.29, 1.82) is 0 Å². The topological polar surface area (TPSA) is 39.2 Å². The molecule has 1 aromatic heterocycles. The molecule has 0 N–H and O–H groups in total. The van der Waals surface area contributed by atoms with Crippen molar-refractivity contribution < 1.29 is 9.53 Å². The van der Waals surface area contributed by atoms with Crippen LogP contribution in [0.15, 0.2) is 6.07 Å². The van der Waals surface area contributed by atoms with Crippen LogP contribution in [-0.4, -0.2) is 17.6 Å². The summed E-state index contributed by atoms with van der Waals surface area (Å²) in [5.74, 6) is 0.320. The Kier molecular flexibility index (Phi) is 3.46. The highest BCUT2D eigenvalue weighted by Crippen LogP contribution is 2.34. The van der Waals surface area contributed by atoms with Gasteiger partial charge in [-0.1, -0.05) is 6.92 Å². The fraction of sp³-hybridized carbons (Fsp3) is 0.571. The van der Waals surface area contributed by atoms with Crippen molar-refractivity contribution >= 4 is 5.97 Å². The molecule has 1 aliphatic rings. The van der Waals surface area contributed by atoms with Crippen LogP contribution in [0.2, 0.25) is 0 Å². The first-order valence-corrected chi connectivity index (χ1v) is 6.34. The van der Waals surface area contributed by atoms with Gasteiger partial charge >= 0.3 is 5.97 Å². The quantitative estimate of drug-likeness (QED) is 0.753. The normalized spacial score (nSPS) is 17.9. The lowest BCUT2D eigenvalue weighted by Crippen LogP contribution is -2.10. The molecule has 1 aromatic rings. The molecule has 0 spiro atoms. The van der Waals surface area contributed by atoms with Crippen LogP contribution in [0.4, 0.5) is 0 Å². The number of hydrogen-bond acceptors (Lipinski definition) is 3. The van der Waals surface area contributed by atoms with Crippen molar-refractivity contribution in [1.82, 2.24) is 4.98 Å². The summed E-state index contributed by atoms with van der Waals surface area (Å²) >= 11 is 0. The average Bonchev–Trinajstić information content (AvgIpc) is 2.70. The van der Waals surface area contributed by atoms with Crippen molar-refractivity contribution in [2.45, 2.75) is 46.0 Å². The number of pyridine rings is 1. The van der Waals surface area contributed by atoms with E-state index in [0.29, 0.717) is 18.1 Å². The van der Waals surface area contributed by atoms with E-state index in [1.807, 2.05) is 19.9 Å². The molecule has 3 nitrogen and oxygen atoms in total. The van der Waals surface area contributed by atoms with Gasteiger partial charge in [0.1, 0.15) is 0 Å². The summed E-state index contributed by atoms with van der Waals surface area (Å²) in [6.45, 7) is 6.31. The number of carbonyl (C=O) groups excluding carboxylic acids is 1. The first-order valence-electron chi connectivity index (χ1n) is 6.34. The monoisotopic (exact) mass is 233 g/mol. The summed E-state index contributed by atoms with van der Waals surface area (Å²) in [6, 6.07) is 1.98. The summed E-state index contributed by atoms with van der Waals surface area (Å²) < 4.78 is 5.04. The Morgan fingerprint density at radius 3 is 2.94 bits per heavy atom. The number of fused-ring (bicyclic) bond motifs is 1. The number of aromatic nitrogens is 1. The number of carbonyl (C=O) groups is 1. The van der Waals surface area contributed by atoms with E-state index in [1.54, 1.807) is 0 Å². The largest absolute Gasteiger partial charge is 0.462 e. The van der Waals surface area contributed by atoms with E-state index in [9.17, 15) is 4.79 Å². The molecular formula is C14H19NO2. The third-order valence-corrected chi connectivity index (χ3v) is 3.46. The van der Waals surface area contributed by atoms with E-state index >= 15 is 0 Å². The summed E-state index contributed by atoms with van der Waals surface area (Å²) in [7, 11) is 0. The van der Waals surface area contributed by atoms with Crippen LogP contribution in [0.25, 0.3) is 0 Å². The van der Waals surface area contributed by atoms with Crippen LogP contribution in [-0.2, 0) is 11.2 Å². The van der Waals surface area contributed by atoms with Crippen molar-refractivity contribution in [3.05, 3.63) is 28.6 Å². The minimum atomic E-state index is -0.250. The summed E-state index contributed by atoms with van der Waals surface area (Å²) in [4.78, 5) is 16.4. The van der Waals surface area contributed by atoms with Gasteiger partial charge in [-0.2, -0.15) is 0 Å². The van der Waals surface area contributed by atoms with E-state index < -0.39 is 0 Å². The third-order valence-electron chi connectivity index (χ3n) is 3.46. The molecule has 0 saturated carbocycles. The Morgan fingerprint density at radius 1 is 1.53 bits per heavy atom. The lowest BCUT2D eigenvalue weighted by Gasteiger charge is -2.11. The fourth-order valence-corrected chi connectivity index (χ4v) is 2.50. The Morgan fingerprint density at radius 2 is 2.29 bits per heavy atom. The SMILES string of the molecule is CCOC(=O)c1cc2c(nc1C)C(CC)CC2. The van der Waals surface area contributed by atoms with Gasteiger partial charge in [0.15, 0.2) is 0 Å². The van der Waals surface area contributed by atoms with Gasteiger partial charge in [-0.3, -0.25) is 4.98 Å². The van der Waals surface area contributed by atoms with E-state index in [4.69, 9.17) is 4.74 Å². The molecule has 1 unspecified atom stereocenters. The second-order valence-electron chi connectivity index (χ2n) is 4.53. The van der Waals surface area contributed by atoms with Crippen LogP contribution in [0.3, 0.4) is 0 Å². The second kappa shape index (κ2) is 4.86. The minimum absolute atomic E-state index is 0.250. The van der Waals surface area contributed by atoms with Gasteiger partial charge in [-0.05, 0) is 44.7 Å². The van der Waals surface area contributed by atoms with Crippen LogP contribution < -0.4 is 0 Å². The summed E-state index contributed by atoms with van der Waals surface area (Å²) in [5.41, 5.74) is 3.84. The predicted molar refractivity (Wildman–Crippen MR) is 66.3 cm³/mol. The maximum absolute atomic E-state index is 11.8. The van der Waals surface area contributed by atoms with Crippen molar-refractivity contribution in [3.8, 4) is 0 Å². The molecule has 1 heterocycles. The first-order chi connectivity index (χ1) is 8.17. The van der Waals surface area contributed by atoms with Gasteiger partial charge in [-0.25, -0.2) is 4.79 Å². The fourth-order valence-electron chi connectivity index (χ4n) is 2.50. The second-order valence-corrected chi connectivity index (χ2v) is 4.53. The number of rotatable bonds is 3. The molecule has 2 rings (SSSR count). The minimum Gasteiger partial charge on any atom is -0.462 e. The Balaban J connectivity index is 2.36. The molecule has 0 amide bonds. The lowest BCUT2D eigenvalue weighted by atomic mass is 10.0. The Bertz CT molecular complexity index is 440. The van der Waals surface area contributed by atoms with Crippen LogP contribution in [0, 0.1) is 6.92 Å². The molecule has 0 fully saturated rings. The van der Waals surface area contributed by atoms with Gasteiger partial charge in [0.25, 0.3) is 0 Å². The zero-order chi connectivity index (χ0) is 12.4. The van der Waals surface area contributed by atoms with Crippen LogP contribution in [0.1, 0.15) is 59.9 Å². The highest BCUT2D eigenvalue weighted by molar-refractivity contribution is 5.90. The van der Waals surface area contributed by atoms with Gasteiger partial charge < -0.3 is 4.74 Å². The third kappa shape index (κ3) is 2.19. The van der Waals surface area contributed by atoms with Gasteiger partial charge in [0.2, 0.25) is 0 Å². The molecule has 3 heteroatoms. The average molecular weight is 233 g/mol. The molecule has 0 bridgehead atoms. The maximum Gasteiger partial charge on any atom is 0.339 e. The van der Waals surface area contributed by atoms with Gasteiger partial charge in [-0.15, -0.1) is 0 Å². The predicted octanol–water partition coefficient (Wildman–Crippen LogP) is 3.01. The molecule has 0 saturated heterocycles. The molecule has 0 aliphatic heterocycles. The number of ether oxygens (including phenoxy) is 1. The Hall–Kier alpha value is -1.38. The maximum atomic E-state index is 11.8. The standard InChI is InChI=1S/C14H19NO2/c1-4-10-6-7-11-8-12(14(16)17-5-2)9(3)15-13(10)11/h8,10H,4-7H2,1-3H3. The molecular weight excluding hydrogens is 214 g/mol. The van der Waals surface area contributed by atoms with Crippen LogP contribution >= 0.6 is 0 Å². The smallest absolute Gasteiger partial charge is 0.339 e. The molecule has 1 aliphatic carbocycles. The van der Waals surface area contributed by atoms with Crippen molar-refractivity contribution in [2.75, 3.05) is 6.61 Å². The molecule has 1 atom stereocenters. The van der Waals surface area contributed by atoms with Gasteiger partial charge in [0.05, 0.1) is 17.9 Å². The highest BCUT2D eigenvalue weighted by Gasteiger charge is 2.25. The van der Waals surface area contributed by atoms with E-state index in [1.165, 1.54) is 11.3 Å². The molecule has 0 aromatic carbocycles. The number of nitrogens with zero attached hydrogens (tertiary/aromatic N) is 1. The molecule has 0 radical (unpaired) electrons. The Labute approximate surface area is 102 Å². The van der Waals surface area contributed by atoms with E-state index in [2.05, 4.69) is 11.9 Å². The van der Waals surface area contributed by atoms with E-state index in [-0.39, 0.29) is 5.97 Å². The molecule has 17 heavy (non-hydrogen) atoms. The summed E-state index contributed by atoms with van der Waals surface area (Å²) in [6.07, 6.45) is 3.32. The zero-order valence-electron chi connectivity index (χ0n) is 10.7. The number of aryl methyl sites for hydroxylation is 2. The zero-order valence-corrected chi connectivity index (χ0v) is 10.7. The lowest BCUT2D eigenvalue weighted by molar-refractivity contribution is 0.0525. The van der Waals surface area contributed by atoms with Gasteiger partial charge in [0, 0.05) is 11.6 Å². The summed E-state index contributed by atoms with van der Waals surface area (Å²) in [5, 5.41) is 0. The van der Waals surface area contributed by atoms with Crippen molar-refractivity contribution in [3.63, 3.8) is 0 Å². The highest BCUT2D eigenvalue weighted by atomic mass is 16.5. The number of hydrogen-bond donors (Lipinski definition) is 0. The number of esters is 1. The van der Waals surface area contributed by atoms with Crippen molar-refractivity contribution in [2.24, 2.45) is 0 Å². The first kappa shape index (κ1) is 12.1.